The highest BCUT2D eigenvalue weighted by molar-refractivity contribution is 6.22. The van der Waals surface area contributed by atoms with E-state index in [-0.39, 0.29) is 0 Å². The minimum atomic E-state index is -0.615. The van der Waals surface area contributed by atoms with Gasteiger partial charge in [0.05, 0.1) is 21.3 Å². The van der Waals surface area contributed by atoms with Crippen molar-refractivity contribution in [1.82, 2.24) is 9.97 Å². The van der Waals surface area contributed by atoms with Crippen molar-refractivity contribution in [3.8, 4) is 0 Å². The van der Waals surface area contributed by atoms with E-state index in [0.29, 0.717) is 6.42 Å². The smallest absolute Gasteiger partial charge is 0.300 e. The first kappa shape index (κ1) is 8.84. The Kier molecular flexibility index (Phi) is 2.91. The number of hydrogen-bond acceptors (Lipinski definition) is 3. The third-order valence-corrected chi connectivity index (χ3v) is 1.50. The third-order valence-electron chi connectivity index (χ3n) is 1.50. The van der Waals surface area contributed by atoms with Gasteiger partial charge in [-0.1, -0.05) is 0 Å². The van der Waals surface area contributed by atoms with Crippen LogP contribution in [0.5, 0.6) is 0 Å². The topological polar surface area (TPSA) is 55.0 Å². The van der Waals surface area contributed by atoms with E-state index in [1.54, 1.807) is 12.5 Å². The summed E-state index contributed by atoms with van der Waals surface area (Å²) in [5.41, 5.74) is 0.827. The van der Waals surface area contributed by atoms with Crippen molar-refractivity contribution < 1.29 is 9.53 Å². The number of esters is 1. The normalized spacial score (nSPS) is 12.4. The number of carbonyl (C=O) groups is 1. The van der Waals surface area contributed by atoms with Gasteiger partial charge >= 0.3 is 0 Å². The van der Waals surface area contributed by atoms with E-state index in [1.165, 1.54) is 7.11 Å². The highest BCUT2D eigenvalue weighted by Gasteiger charge is 2.13. The van der Waals surface area contributed by atoms with Gasteiger partial charge in [0.25, 0.3) is 5.97 Å². The lowest BCUT2D eigenvalue weighted by Gasteiger charge is -2.06. The minimum Gasteiger partial charge on any atom is -0.469 e. The van der Waals surface area contributed by atoms with E-state index in [9.17, 15) is 4.79 Å². The fourth-order valence-electron chi connectivity index (χ4n) is 0.868. The van der Waals surface area contributed by atoms with Crippen LogP contribution in [0.15, 0.2) is 12.5 Å². The van der Waals surface area contributed by atoms with Crippen molar-refractivity contribution in [2.24, 2.45) is 0 Å². The summed E-state index contributed by atoms with van der Waals surface area (Å²) < 4.78 is 4.46. The summed E-state index contributed by atoms with van der Waals surface area (Å²) in [4.78, 5) is 17.5. The van der Waals surface area contributed by atoms with Gasteiger partial charge in [0.15, 0.2) is 0 Å². The standard InChI is InChI=1S/C7H9BN2O2/c1-12-7(11)6(8)2-5-3-9-4-10-5/h3-4,6H,2H2,1H3,(H,9,10). The van der Waals surface area contributed by atoms with E-state index in [0.717, 1.165) is 5.69 Å². The average Bonchev–Trinajstić information content (AvgIpc) is 2.55. The van der Waals surface area contributed by atoms with Gasteiger partial charge in [-0.25, -0.2) is 4.98 Å². The molecule has 1 heterocycles. The lowest BCUT2D eigenvalue weighted by atomic mass is 9.84. The number of hydrogen-bond donors (Lipinski definition) is 1. The predicted octanol–water partition coefficient (Wildman–Crippen LogP) is 0.0822. The lowest BCUT2D eigenvalue weighted by Crippen LogP contribution is -2.12. The molecule has 0 spiro atoms. The number of methoxy groups -OCH3 is 1. The summed E-state index contributed by atoms with van der Waals surface area (Å²) >= 11 is 0. The molecule has 1 atom stereocenters. The number of carbonyl (C=O) groups excluding carboxylic acids is 1. The van der Waals surface area contributed by atoms with Gasteiger partial charge in [-0.2, -0.15) is 0 Å². The Morgan fingerprint density at radius 3 is 3.17 bits per heavy atom. The fourth-order valence-corrected chi connectivity index (χ4v) is 0.868. The van der Waals surface area contributed by atoms with Crippen molar-refractivity contribution in [3.05, 3.63) is 18.2 Å². The van der Waals surface area contributed by atoms with Crippen LogP contribution in [0.25, 0.3) is 0 Å². The van der Waals surface area contributed by atoms with Crippen molar-refractivity contribution in [2.75, 3.05) is 7.11 Å². The summed E-state index contributed by atoms with van der Waals surface area (Å²) in [6.45, 7) is 0. The van der Waals surface area contributed by atoms with Crippen LogP contribution in [0.3, 0.4) is 0 Å². The van der Waals surface area contributed by atoms with Crippen LogP contribution in [0, 0.1) is 0 Å². The lowest BCUT2D eigenvalue weighted by molar-refractivity contribution is -0.140. The number of nitrogens with one attached hydrogen (secondary N) is 1. The maximum absolute atomic E-state index is 10.9. The van der Waals surface area contributed by atoms with Crippen LogP contribution >= 0.6 is 0 Å². The Balaban J connectivity index is 2.47. The van der Waals surface area contributed by atoms with Crippen molar-refractivity contribution in [2.45, 2.75) is 12.2 Å². The summed E-state index contributed by atoms with van der Waals surface area (Å²) in [6, 6.07) is 0. The van der Waals surface area contributed by atoms with E-state index >= 15 is 0 Å². The quantitative estimate of drug-likeness (QED) is 0.508. The number of aromatic amines is 1. The van der Waals surface area contributed by atoms with Gasteiger partial charge in [-0.3, -0.25) is 4.79 Å². The molecule has 1 N–H and O–H groups in total. The second kappa shape index (κ2) is 3.94. The zero-order valence-electron chi connectivity index (χ0n) is 6.78. The van der Waals surface area contributed by atoms with Crippen LogP contribution in [0.1, 0.15) is 5.69 Å². The average molecular weight is 164 g/mol. The molecule has 1 rings (SSSR count). The Labute approximate surface area is 71.7 Å². The molecule has 0 aliphatic rings. The zero-order valence-corrected chi connectivity index (χ0v) is 6.78. The molecule has 0 saturated carbocycles. The third kappa shape index (κ3) is 2.12. The fraction of sp³-hybridized carbons (Fsp3) is 0.429. The second-order valence-electron chi connectivity index (χ2n) is 2.41. The Hall–Kier alpha value is -1.26. The number of aromatic nitrogens is 2. The molecule has 12 heavy (non-hydrogen) atoms. The first-order valence-corrected chi connectivity index (χ1v) is 3.54. The first-order chi connectivity index (χ1) is 5.74. The van der Waals surface area contributed by atoms with Crippen LogP contribution in [-0.4, -0.2) is 30.9 Å². The van der Waals surface area contributed by atoms with Gasteiger partial charge in [-0.15, -0.1) is 0 Å². The van der Waals surface area contributed by atoms with Gasteiger partial charge in [0.2, 0.25) is 0 Å². The number of imidazole rings is 1. The molecule has 4 nitrogen and oxygen atoms in total. The van der Waals surface area contributed by atoms with Gasteiger partial charge in [0, 0.05) is 17.7 Å². The Bertz CT molecular complexity index is 248. The molecule has 0 aliphatic carbocycles. The molecular weight excluding hydrogens is 155 g/mol. The Morgan fingerprint density at radius 2 is 2.67 bits per heavy atom. The molecule has 0 aliphatic heterocycles. The second-order valence-corrected chi connectivity index (χ2v) is 2.41. The van der Waals surface area contributed by atoms with E-state index < -0.39 is 11.8 Å². The highest BCUT2D eigenvalue weighted by atomic mass is 16.5. The Morgan fingerprint density at radius 1 is 1.92 bits per heavy atom. The van der Waals surface area contributed by atoms with Gasteiger partial charge in [0.1, 0.15) is 0 Å². The summed E-state index contributed by atoms with van der Waals surface area (Å²) in [5, 5.41) is 0. The van der Waals surface area contributed by atoms with Gasteiger partial charge in [-0.05, 0) is 6.42 Å². The number of ether oxygens (including phenoxy) is 1. The van der Waals surface area contributed by atoms with Crippen molar-refractivity contribution in [1.29, 1.82) is 0 Å². The van der Waals surface area contributed by atoms with E-state index in [4.69, 9.17) is 7.85 Å². The molecule has 62 valence electrons. The molecular formula is C7H9BN2O2. The minimum absolute atomic E-state index is 0.412. The summed E-state index contributed by atoms with van der Waals surface area (Å²) in [7, 11) is 6.81. The van der Waals surface area contributed by atoms with Gasteiger partial charge < -0.3 is 9.72 Å². The SMILES string of the molecule is [B]C(Cc1cnc[nH]1)C(=O)OC. The molecule has 2 radical (unpaired) electrons. The molecule has 1 unspecified atom stereocenters. The van der Waals surface area contributed by atoms with Crippen molar-refractivity contribution in [3.63, 3.8) is 0 Å². The maximum Gasteiger partial charge on any atom is 0.300 e. The highest BCUT2D eigenvalue weighted by Crippen LogP contribution is 2.08. The maximum atomic E-state index is 10.9. The van der Waals surface area contributed by atoms with E-state index in [1.807, 2.05) is 0 Å². The van der Waals surface area contributed by atoms with E-state index in [2.05, 4.69) is 14.7 Å². The van der Waals surface area contributed by atoms with Crippen molar-refractivity contribution >= 4 is 13.8 Å². The largest absolute Gasteiger partial charge is 0.469 e. The number of rotatable bonds is 3. The number of nitrogens with zero attached hydrogens (tertiary/aromatic N) is 1. The molecule has 0 aromatic carbocycles. The monoisotopic (exact) mass is 164 g/mol. The molecule has 5 heteroatoms. The first-order valence-electron chi connectivity index (χ1n) is 3.54. The van der Waals surface area contributed by atoms with Crippen LogP contribution < -0.4 is 0 Å². The molecule has 0 saturated heterocycles. The molecule has 0 bridgehead atoms. The van der Waals surface area contributed by atoms with Crippen LogP contribution in [0.2, 0.25) is 5.82 Å². The molecule has 1 aromatic heterocycles. The van der Waals surface area contributed by atoms with Crippen LogP contribution in [-0.2, 0) is 16.0 Å². The number of H-pyrrole nitrogens is 1. The zero-order chi connectivity index (χ0) is 8.97. The molecule has 1 aromatic rings. The predicted molar refractivity (Wildman–Crippen MR) is 43.8 cm³/mol. The molecule has 0 fully saturated rings. The summed E-state index contributed by atoms with van der Waals surface area (Å²) in [6.07, 6.45) is 3.59. The van der Waals surface area contributed by atoms with Crippen LogP contribution in [0.4, 0.5) is 0 Å². The summed E-state index contributed by atoms with van der Waals surface area (Å²) in [5.74, 6) is -1.03. The molecule has 0 amide bonds.